The van der Waals surface area contributed by atoms with Gasteiger partial charge >= 0.3 is 0 Å². The number of thiazole rings is 1. The first kappa shape index (κ1) is 18.8. The Morgan fingerprint density at radius 3 is 2.67 bits per heavy atom. The maximum atomic E-state index is 6.57. The number of rotatable bonds is 4. The Kier molecular flexibility index (Phi) is 4.56. The number of fused-ring (bicyclic) bond motifs is 1. The first-order valence-electron chi connectivity index (χ1n) is 9.45. The Morgan fingerprint density at radius 2 is 1.97 bits per heavy atom. The number of nitrogens with zero attached hydrogens (tertiary/aromatic N) is 4. The number of hydrogen-bond donors (Lipinski definition) is 2. The SMILES string of the molecule is Cc1nc(C)c(-c2ccc(Nc3cc4[nH]c(-c5cnn(C)c5)cc4cn3)c(Cl)c2)s1. The van der Waals surface area contributed by atoms with E-state index in [1.807, 2.05) is 57.7 Å². The fourth-order valence-electron chi connectivity index (χ4n) is 3.50. The Morgan fingerprint density at radius 1 is 1.10 bits per heavy atom. The summed E-state index contributed by atoms with van der Waals surface area (Å²) in [6, 6.07) is 10.1. The van der Waals surface area contributed by atoms with Crippen LogP contribution in [0.2, 0.25) is 5.02 Å². The van der Waals surface area contributed by atoms with Crippen LogP contribution in [-0.2, 0) is 7.05 Å². The van der Waals surface area contributed by atoms with Gasteiger partial charge < -0.3 is 10.3 Å². The lowest BCUT2D eigenvalue weighted by atomic mass is 10.1. The van der Waals surface area contributed by atoms with Crippen molar-refractivity contribution in [2.45, 2.75) is 13.8 Å². The predicted molar refractivity (Wildman–Crippen MR) is 124 cm³/mol. The maximum Gasteiger partial charge on any atom is 0.132 e. The van der Waals surface area contributed by atoms with Gasteiger partial charge in [0.25, 0.3) is 0 Å². The van der Waals surface area contributed by atoms with Crippen molar-refractivity contribution in [2.24, 2.45) is 7.05 Å². The maximum absolute atomic E-state index is 6.57. The molecule has 0 bridgehead atoms. The van der Waals surface area contributed by atoms with Gasteiger partial charge in [-0.25, -0.2) is 9.97 Å². The van der Waals surface area contributed by atoms with E-state index in [-0.39, 0.29) is 0 Å². The van der Waals surface area contributed by atoms with Crippen molar-refractivity contribution in [3.8, 4) is 21.7 Å². The van der Waals surface area contributed by atoms with E-state index in [1.54, 1.807) is 16.0 Å². The first-order valence-corrected chi connectivity index (χ1v) is 10.6. The molecule has 30 heavy (non-hydrogen) atoms. The Balaban J connectivity index is 1.43. The molecule has 6 nitrogen and oxygen atoms in total. The first-order chi connectivity index (χ1) is 14.5. The molecule has 150 valence electrons. The molecule has 0 unspecified atom stereocenters. The molecule has 0 amide bonds. The van der Waals surface area contributed by atoms with E-state index < -0.39 is 0 Å². The molecule has 1 aromatic carbocycles. The van der Waals surface area contributed by atoms with Crippen molar-refractivity contribution in [2.75, 3.05) is 5.32 Å². The number of H-pyrrole nitrogens is 1. The van der Waals surface area contributed by atoms with Gasteiger partial charge in [-0.05, 0) is 37.6 Å². The second-order valence-corrected chi connectivity index (χ2v) is 8.82. The highest BCUT2D eigenvalue weighted by Gasteiger charge is 2.11. The van der Waals surface area contributed by atoms with Crippen LogP contribution in [0, 0.1) is 13.8 Å². The summed E-state index contributed by atoms with van der Waals surface area (Å²) in [6.07, 6.45) is 5.66. The van der Waals surface area contributed by atoms with Gasteiger partial charge in [0.15, 0.2) is 0 Å². The molecule has 0 saturated heterocycles. The number of halogens is 1. The van der Waals surface area contributed by atoms with Gasteiger partial charge in [0.05, 0.1) is 38.0 Å². The van der Waals surface area contributed by atoms with Crippen LogP contribution in [0.5, 0.6) is 0 Å². The molecule has 0 aliphatic heterocycles. The van der Waals surface area contributed by atoms with Crippen LogP contribution in [-0.4, -0.2) is 24.7 Å². The lowest BCUT2D eigenvalue weighted by Crippen LogP contribution is -1.94. The van der Waals surface area contributed by atoms with Crippen LogP contribution >= 0.6 is 22.9 Å². The molecule has 0 atom stereocenters. The number of benzene rings is 1. The van der Waals surface area contributed by atoms with Gasteiger partial charge in [-0.15, -0.1) is 11.3 Å². The van der Waals surface area contributed by atoms with Gasteiger partial charge in [-0.2, -0.15) is 5.10 Å². The minimum Gasteiger partial charge on any atom is -0.354 e. The third-order valence-corrected chi connectivity index (χ3v) is 6.35. The highest BCUT2D eigenvalue weighted by Crippen LogP contribution is 2.35. The van der Waals surface area contributed by atoms with Crippen LogP contribution in [0.4, 0.5) is 11.5 Å². The van der Waals surface area contributed by atoms with Crippen LogP contribution in [0.25, 0.3) is 32.6 Å². The van der Waals surface area contributed by atoms with E-state index in [0.717, 1.165) is 54.8 Å². The molecule has 0 fully saturated rings. The molecule has 0 spiro atoms. The lowest BCUT2D eigenvalue weighted by Gasteiger charge is -2.09. The molecule has 4 heterocycles. The molecular formula is C22H19ClN6S. The third kappa shape index (κ3) is 3.46. The standard InChI is InChI=1S/C22H19ClN6S/c1-12-22(30-13(2)26-12)14-4-5-18(17(23)6-14)28-21-8-20-15(9-24-21)7-19(27-20)16-10-25-29(3)11-16/h4-11,27H,1-3H3,(H,24,28). The van der Waals surface area contributed by atoms with Gasteiger partial charge in [0.2, 0.25) is 0 Å². The number of anilines is 2. The van der Waals surface area contributed by atoms with Gasteiger partial charge in [-0.3, -0.25) is 4.68 Å². The van der Waals surface area contributed by atoms with Crippen LogP contribution < -0.4 is 5.32 Å². The minimum absolute atomic E-state index is 0.641. The number of pyridine rings is 1. The number of aryl methyl sites for hydroxylation is 3. The summed E-state index contributed by atoms with van der Waals surface area (Å²) in [6.45, 7) is 4.04. The summed E-state index contributed by atoms with van der Waals surface area (Å²) in [5.74, 6) is 0.724. The van der Waals surface area contributed by atoms with E-state index >= 15 is 0 Å². The zero-order chi connectivity index (χ0) is 20.8. The predicted octanol–water partition coefficient (Wildman–Crippen LogP) is 6.10. The average molecular weight is 435 g/mol. The van der Waals surface area contributed by atoms with Crippen LogP contribution in [0.1, 0.15) is 10.7 Å². The summed E-state index contributed by atoms with van der Waals surface area (Å²) in [7, 11) is 1.90. The second kappa shape index (κ2) is 7.27. The highest BCUT2D eigenvalue weighted by atomic mass is 35.5. The highest BCUT2D eigenvalue weighted by molar-refractivity contribution is 7.15. The molecule has 0 radical (unpaired) electrons. The summed E-state index contributed by atoms with van der Waals surface area (Å²) in [5.41, 5.74) is 5.95. The smallest absolute Gasteiger partial charge is 0.132 e. The molecule has 8 heteroatoms. The van der Waals surface area contributed by atoms with E-state index in [2.05, 4.69) is 37.5 Å². The number of hydrogen-bond acceptors (Lipinski definition) is 5. The largest absolute Gasteiger partial charge is 0.354 e. The molecule has 0 aliphatic rings. The molecular weight excluding hydrogens is 416 g/mol. The van der Waals surface area contributed by atoms with Gasteiger partial charge in [-0.1, -0.05) is 17.7 Å². The summed E-state index contributed by atoms with van der Waals surface area (Å²) in [4.78, 5) is 13.6. The average Bonchev–Trinajstić information content (AvgIpc) is 3.41. The van der Waals surface area contributed by atoms with Crippen molar-refractivity contribution in [1.29, 1.82) is 0 Å². The van der Waals surface area contributed by atoms with E-state index in [1.165, 1.54) is 0 Å². The molecule has 2 N–H and O–H groups in total. The van der Waals surface area contributed by atoms with Crippen molar-refractivity contribution < 1.29 is 0 Å². The monoisotopic (exact) mass is 434 g/mol. The fourth-order valence-corrected chi connectivity index (χ4v) is 4.65. The van der Waals surface area contributed by atoms with Crippen molar-refractivity contribution in [3.63, 3.8) is 0 Å². The zero-order valence-electron chi connectivity index (χ0n) is 16.7. The summed E-state index contributed by atoms with van der Waals surface area (Å²) < 4.78 is 1.78. The molecule has 0 aliphatic carbocycles. The van der Waals surface area contributed by atoms with Gasteiger partial charge in [0.1, 0.15) is 5.82 Å². The number of aromatic nitrogens is 5. The van der Waals surface area contributed by atoms with Gasteiger partial charge in [0, 0.05) is 42.2 Å². The number of aromatic amines is 1. The van der Waals surface area contributed by atoms with E-state index in [9.17, 15) is 0 Å². The summed E-state index contributed by atoms with van der Waals surface area (Å²) >= 11 is 8.25. The topological polar surface area (TPSA) is 71.4 Å². The third-order valence-electron chi connectivity index (χ3n) is 4.92. The Labute approximate surface area is 182 Å². The van der Waals surface area contributed by atoms with E-state index in [4.69, 9.17) is 11.6 Å². The number of nitrogens with one attached hydrogen (secondary N) is 2. The second-order valence-electron chi connectivity index (χ2n) is 7.21. The zero-order valence-corrected chi connectivity index (χ0v) is 18.3. The lowest BCUT2D eigenvalue weighted by molar-refractivity contribution is 0.768. The van der Waals surface area contributed by atoms with Crippen LogP contribution in [0.3, 0.4) is 0 Å². The normalized spacial score (nSPS) is 11.3. The van der Waals surface area contributed by atoms with E-state index in [0.29, 0.717) is 5.02 Å². The molecule has 5 rings (SSSR count). The van der Waals surface area contributed by atoms with Crippen molar-refractivity contribution in [1.82, 2.24) is 24.7 Å². The quantitative estimate of drug-likeness (QED) is 0.358. The molecule has 4 aromatic heterocycles. The Hall–Kier alpha value is -3.16. The van der Waals surface area contributed by atoms with Crippen molar-refractivity contribution >= 4 is 45.3 Å². The molecule has 5 aromatic rings. The molecule has 0 saturated carbocycles. The Bertz CT molecular complexity index is 1380. The van der Waals surface area contributed by atoms with Crippen LogP contribution in [0.15, 0.2) is 48.9 Å². The minimum atomic E-state index is 0.641. The van der Waals surface area contributed by atoms with Crippen molar-refractivity contribution in [3.05, 3.63) is 64.6 Å². The summed E-state index contributed by atoms with van der Waals surface area (Å²) in [5, 5.41) is 10.3. The fraction of sp³-hybridized carbons (Fsp3) is 0.136.